The molecule has 0 unspecified atom stereocenters. The van der Waals surface area contributed by atoms with Crippen LogP contribution in [0.1, 0.15) is 55.2 Å². The first-order valence-electron chi connectivity index (χ1n) is 7.26. The zero-order chi connectivity index (χ0) is 16.4. The molecule has 1 aromatic carbocycles. The smallest absolute Gasteiger partial charge is 0.323 e. The van der Waals surface area contributed by atoms with Gasteiger partial charge in [0, 0.05) is 0 Å². The highest BCUT2D eigenvalue weighted by molar-refractivity contribution is 7.13. The molecule has 7 heteroatoms. The Bertz CT molecular complexity index is 749. The van der Waals surface area contributed by atoms with Crippen LogP contribution >= 0.6 is 11.3 Å². The lowest BCUT2D eigenvalue weighted by Crippen LogP contribution is -2.32. The van der Waals surface area contributed by atoms with Gasteiger partial charge in [-0.25, -0.2) is 9.78 Å². The van der Waals surface area contributed by atoms with E-state index >= 15 is 0 Å². The van der Waals surface area contributed by atoms with Gasteiger partial charge in [0.1, 0.15) is 4.88 Å². The minimum atomic E-state index is -0.750. The molecule has 2 heterocycles. The van der Waals surface area contributed by atoms with Gasteiger partial charge < -0.3 is 4.84 Å². The van der Waals surface area contributed by atoms with Crippen molar-refractivity contribution in [2.45, 2.75) is 26.2 Å². The van der Waals surface area contributed by atoms with Crippen molar-refractivity contribution >= 4 is 29.1 Å². The molecular weight excluding hydrogens is 316 g/mol. The minimum absolute atomic E-state index is 0.234. The number of thiazole rings is 1. The van der Waals surface area contributed by atoms with Crippen LogP contribution in [0.2, 0.25) is 0 Å². The van der Waals surface area contributed by atoms with Crippen LogP contribution in [0.4, 0.5) is 0 Å². The number of benzene rings is 1. The minimum Gasteiger partial charge on any atom is -0.323 e. The summed E-state index contributed by atoms with van der Waals surface area (Å²) < 4.78 is 0. The van der Waals surface area contributed by atoms with Crippen LogP contribution < -0.4 is 0 Å². The Kier molecular flexibility index (Phi) is 4.20. The summed E-state index contributed by atoms with van der Waals surface area (Å²) >= 11 is 1.22. The monoisotopic (exact) mass is 330 g/mol. The maximum Gasteiger partial charge on any atom is 0.375 e. The number of carbonyl (C=O) groups excluding carboxylic acids is 3. The molecule has 23 heavy (non-hydrogen) atoms. The molecule has 1 aromatic heterocycles. The highest BCUT2D eigenvalue weighted by Crippen LogP contribution is 2.24. The second kappa shape index (κ2) is 6.29. The molecule has 0 bridgehead atoms. The van der Waals surface area contributed by atoms with Gasteiger partial charge >= 0.3 is 5.97 Å². The van der Waals surface area contributed by atoms with Crippen molar-refractivity contribution in [3.05, 3.63) is 51.5 Å². The summed E-state index contributed by atoms with van der Waals surface area (Å²) in [6.07, 6.45) is 4.23. The highest BCUT2D eigenvalue weighted by atomic mass is 32.1. The number of unbranched alkanes of at least 4 members (excludes halogenated alkanes) is 1. The maximum atomic E-state index is 12.1. The van der Waals surface area contributed by atoms with Crippen molar-refractivity contribution < 1.29 is 19.2 Å². The molecule has 0 spiro atoms. The fourth-order valence-corrected chi connectivity index (χ4v) is 3.06. The Morgan fingerprint density at radius 3 is 2.48 bits per heavy atom. The van der Waals surface area contributed by atoms with Gasteiger partial charge in [-0.05, 0) is 25.0 Å². The van der Waals surface area contributed by atoms with Crippen molar-refractivity contribution in [2.75, 3.05) is 0 Å². The Labute approximate surface area is 136 Å². The molecule has 0 fully saturated rings. The molecule has 0 radical (unpaired) electrons. The second-order valence-electron chi connectivity index (χ2n) is 5.05. The van der Waals surface area contributed by atoms with Gasteiger partial charge in [-0.1, -0.05) is 30.5 Å². The Morgan fingerprint density at radius 2 is 1.87 bits per heavy atom. The fraction of sp³-hybridized carbons (Fsp3) is 0.250. The average Bonchev–Trinajstić information content (AvgIpc) is 3.13. The summed E-state index contributed by atoms with van der Waals surface area (Å²) in [5, 5.41) is 1.35. The molecule has 1 aliphatic rings. The van der Waals surface area contributed by atoms with Crippen LogP contribution in [-0.2, 0) is 11.3 Å². The number of hydrogen-bond donors (Lipinski definition) is 0. The van der Waals surface area contributed by atoms with E-state index < -0.39 is 17.8 Å². The predicted octanol–water partition coefficient (Wildman–Crippen LogP) is 2.85. The van der Waals surface area contributed by atoms with Gasteiger partial charge in [0.25, 0.3) is 11.8 Å². The summed E-state index contributed by atoms with van der Waals surface area (Å²) in [5.74, 6) is -2.01. The van der Waals surface area contributed by atoms with E-state index in [2.05, 4.69) is 11.9 Å². The summed E-state index contributed by atoms with van der Waals surface area (Å²) in [5.41, 5.74) is 0.469. The molecule has 2 amide bonds. The Balaban J connectivity index is 1.73. The lowest BCUT2D eigenvalue weighted by atomic mass is 10.1. The molecule has 2 aromatic rings. The number of hydroxylamine groups is 2. The third kappa shape index (κ3) is 2.87. The third-order valence-corrected chi connectivity index (χ3v) is 4.47. The zero-order valence-electron chi connectivity index (χ0n) is 12.4. The van der Waals surface area contributed by atoms with Crippen LogP contribution in [0.15, 0.2) is 30.5 Å². The zero-order valence-corrected chi connectivity index (χ0v) is 13.3. The lowest BCUT2D eigenvalue weighted by Gasteiger charge is -2.11. The van der Waals surface area contributed by atoms with Crippen LogP contribution in [0, 0.1) is 0 Å². The van der Waals surface area contributed by atoms with Crippen molar-refractivity contribution in [1.82, 2.24) is 10.0 Å². The van der Waals surface area contributed by atoms with Gasteiger partial charge in [0.2, 0.25) is 0 Å². The first kappa shape index (κ1) is 15.4. The number of amides is 2. The Morgan fingerprint density at radius 1 is 1.22 bits per heavy atom. The van der Waals surface area contributed by atoms with E-state index in [-0.39, 0.29) is 16.0 Å². The highest BCUT2D eigenvalue weighted by Gasteiger charge is 2.39. The number of imide groups is 1. The van der Waals surface area contributed by atoms with E-state index in [0.717, 1.165) is 24.3 Å². The van der Waals surface area contributed by atoms with Crippen LogP contribution in [0.3, 0.4) is 0 Å². The van der Waals surface area contributed by atoms with E-state index in [1.54, 1.807) is 12.1 Å². The SMILES string of the molecule is CCCCc1ncc(C(=O)ON2C(=O)c3ccccc3C2=O)s1. The van der Waals surface area contributed by atoms with Crippen molar-refractivity contribution in [1.29, 1.82) is 0 Å². The van der Waals surface area contributed by atoms with Crippen molar-refractivity contribution in [2.24, 2.45) is 0 Å². The van der Waals surface area contributed by atoms with E-state index in [1.807, 2.05) is 0 Å². The number of aryl methyl sites for hydroxylation is 1. The number of carbonyl (C=O) groups is 3. The molecule has 3 rings (SSSR count). The fourth-order valence-electron chi connectivity index (χ4n) is 2.23. The normalized spacial score (nSPS) is 13.3. The molecule has 0 N–H and O–H groups in total. The van der Waals surface area contributed by atoms with Crippen LogP contribution in [-0.4, -0.2) is 27.8 Å². The quantitative estimate of drug-likeness (QED) is 0.788. The van der Waals surface area contributed by atoms with Gasteiger partial charge in [-0.2, -0.15) is 0 Å². The van der Waals surface area contributed by atoms with E-state index in [4.69, 9.17) is 4.84 Å². The lowest BCUT2D eigenvalue weighted by molar-refractivity contribution is -0.0581. The van der Waals surface area contributed by atoms with Gasteiger partial charge in [-0.15, -0.1) is 11.3 Å². The van der Waals surface area contributed by atoms with Crippen LogP contribution in [0.25, 0.3) is 0 Å². The Hall–Kier alpha value is -2.54. The molecule has 118 valence electrons. The average molecular weight is 330 g/mol. The van der Waals surface area contributed by atoms with E-state index in [9.17, 15) is 14.4 Å². The number of rotatable bonds is 5. The van der Waals surface area contributed by atoms with Gasteiger partial charge in [0.05, 0.1) is 22.3 Å². The van der Waals surface area contributed by atoms with E-state index in [0.29, 0.717) is 5.06 Å². The molecule has 6 nitrogen and oxygen atoms in total. The summed E-state index contributed by atoms with van der Waals surface area (Å²) in [6.45, 7) is 2.07. The largest absolute Gasteiger partial charge is 0.375 e. The molecule has 0 saturated carbocycles. The summed E-state index contributed by atoms with van der Waals surface area (Å²) in [4.78, 5) is 45.8. The molecule has 0 atom stereocenters. The molecular formula is C16H14N2O4S. The standard InChI is InChI=1S/C16H14N2O4S/c1-2-3-8-13-17-9-12(23-13)16(21)22-18-14(19)10-6-4-5-7-11(10)15(18)20/h4-7,9H,2-3,8H2,1H3. The number of nitrogens with zero attached hydrogens (tertiary/aromatic N) is 2. The van der Waals surface area contributed by atoms with Crippen molar-refractivity contribution in [3.8, 4) is 0 Å². The number of aromatic nitrogens is 1. The van der Waals surface area contributed by atoms with E-state index in [1.165, 1.54) is 29.7 Å². The molecule has 0 saturated heterocycles. The second-order valence-corrected chi connectivity index (χ2v) is 6.17. The third-order valence-electron chi connectivity index (χ3n) is 3.43. The first-order chi connectivity index (χ1) is 11.1. The molecule has 1 aliphatic heterocycles. The topological polar surface area (TPSA) is 76.6 Å². The number of hydrogen-bond acceptors (Lipinski definition) is 6. The van der Waals surface area contributed by atoms with Gasteiger partial charge in [-0.3, -0.25) is 9.59 Å². The number of fused-ring (bicyclic) bond motifs is 1. The van der Waals surface area contributed by atoms with Gasteiger partial charge in [0.15, 0.2) is 0 Å². The predicted molar refractivity (Wildman–Crippen MR) is 83.1 cm³/mol. The van der Waals surface area contributed by atoms with Crippen molar-refractivity contribution in [3.63, 3.8) is 0 Å². The summed E-state index contributed by atoms with van der Waals surface area (Å²) in [6, 6.07) is 6.36. The molecule has 0 aliphatic carbocycles. The maximum absolute atomic E-state index is 12.1. The van der Waals surface area contributed by atoms with Crippen LogP contribution in [0.5, 0.6) is 0 Å². The summed E-state index contributed by atoms with van der Waals surface area (Å²) in [7, 11) is 0. The first-order valence-corrected chi connectivity index (χ1v) is 8.08.